The summed E-state index contributed by atoms with van der Waals surface area (Å²) in [5, 5.41) is 0. The standard InChI is InChI=1S/C14H12F5NO4/c1-4-5-6-7(12(21)23-2)9(11(15)16)20-10(14(17,18)19)8(6)13(22)24-3/h4,11H,1,5H2,2-3H3. The molecule has 0 aromatic carbocycles. The number of pyridine rings is 1. The predicted molar refractivity (Wildman–Crippen MR) is 70.8 cm³/mol. The molecule has 0 radical (unpaired) electrons. The first-order valence-electron chi connectivity index (χ1n) is 6.29. The number of methoxy groups -OCH3 is 2. The van der Waals surface area contributed by atoms with E-state index in [9.17, 15) is 31.5 Å². The van der Waals surface area contributed by atoms with Gasteiger partial charge >= 0.3 is 18.1 Å². The Morgan fingerprint density at radius 2 is 1.67 bits per heavy atom. The highest BCUT2D eigenvalue weighted by Crippen LogP contribution is 2.37. The number of hydrogen-bond donors (Lipinski definition) is 0. The van der Waals surface area contributed by atoms with Crippen LogP contribution in [0.15, 0.2) is 12.7 Å². The van der Waals surface area contributed by atoms with Gasteiger partial charge in [0.1, 0.15) is 5.69 Å². The van der Waals surface area contributed by atoms with Crippen LogP contribution in [-0.2, 0) is 22.1 Å². The summed E-state index contributed by atoms with van der Waals surface area (Å²) < 4.78 is 74.4. The maximum atomic E-state index is 13.2. The van der Waals surface area contributed by atoms with Gasteiger partial charge in [-0.1, -0.05) is 6.08 Å². The molecule has 0 unspecified atom stereocenters. The molecule has 132 valence electrons. The zero-order chi connectivity index (χ0) is 18.7. The molecule has 0 amide bonds. The highest BCUT2D eigenvalue weighted by Gasteiger charge is 2.42. The second-order valence-corrected chi connectivity index (χ2v) is 4.35. The first kappa shape index (κ1) is 19.5. The molecule has 0 aliphatic rings. The molecule has 1 aromatic heterocycles. The Kier molecular flexibility index (Phi) is 5.99. The minimum absolute atomic E-state index is 0.486. The van der Waals surface area contributed by atoms with Crippen LogP contribution in [0.25, 0.3) is 0 Å². The molecule has 0 fully saturated rings. The van der Waals surface area contributed by atoms with Crippen molar-refractivity contribution in [3.8, 4) is 0 Å². The summed E-state index contributed by atoms with van der Waals surface area (Å²) in [5.74, 6) is -2.83. The molecule has 0 atom stereocenters. The Bertz CT molecular complexity index is 670. The fraction of sp³-hybridized carbons (Fsp3) is 0.357. The summed E-state index contributed by atoms with van der Waals surface area (Å²) >= 11 is 0. The Morgan fingerprint density at radius 3 is 2.04 bits per heavy atom. The second-order valence-electron chi connectivity index (χ2n) is 4.35. The van der Waals surface area contributed by atoms with Crippen LogP contribution >= 0.6 is 0 Å². The molecule has 0 bridgehead atoms. The lowest BCUT2D eigenvalue weighted by Gasteiger charge is -2.19. The minimum Gasteiger partial charge on any atom is -0.465 e. The van der Waals surface area contributed by atoms with Gasteiger partial charge in [-0.3, -0.25) is 0 Å². The van der Waals surface area contributed by atoms with Crippen LogP contribution in [0.4, 0.5) is 22.0 Å². The number of carbonyl (C=O) groups is 2. The van der Waals surface area contributed by atoms with Crippen LogP contribution in [0, 0.1) is 0 Å². The largest absolute Gasteiger partial charge is 0.465 e. The Morgan fingerprint density at radius 1 is 1.17 bits per heavy atom. The molecule has 0 spiro atoms. The molecule has 0 N–H and O–H groups in total. The number of rotatable bonds is 5. The lowest BCUT2D eigenvalue weighted by Crippen LogP contribution is -2.24. The topological polar surface area (TPSA) is 65.5 Å². The fourth-order valence-electron chi connectivity index (χ4n) is 2.02. The van der Waals surface area contributed by atoms with Crippen LogP contribution < -0.4 is 0 Å². The first-order valence-corrected chi connectivity index (χ1v) is 6.29. The number of halogens is 5. The number of esters is 2. The molecule has 0 saturated carbocycles. The smallest absolute Gasteiger partial charge is 0.434 e. The van der Waals surface area contributed by atoms with Crippen molar-refractivity contribution in [1.82, 2.24) is 4.98 Å². The van der Waals surface area contributed by atoms with E-state index in [4.69, 9.17) is 0 Å². The molecule has 1 rings (SSSR count). The Balaban J connectivity index is 4.05. The van der Waals surface area contributed by atoms with Crippen LogP contribution in [0.2, 0.25) is 0 Å². The van der Waals surface area contributed by atoms with Gasteiger partial charge in [-0.05, 0) is 12.0 Å². The maximum Gasteiger partial charge on any atom is 0.434 e. The number of carbonyl (C=O) groups excluding carboxylic acids is 2. The molecule has 0 saturated heterocycles. The molecule has 24 heavy (non-hydrogen) atoms. The number of alkyl halides is 5. The molecular weight excluding hydrogens is 341 g/mol. The Hall–Kier alpha value is -2.52. The molecular formula is C14H12F5NO4. The van der Waals surface area contributed by atoms with Crippen LogP contribution in [0.1, 0.15) is 44.1 Å². The summed E-state index contributed by atoms with van der Waals surface area (Å²) in [7, 11) is 1.66. The molecule has 5 nitrogen and oxygen atoms in total. The van der Waals surface area contributed by atoms with Crippen LogP contribution in [0.5, 0.6) is 0 Å². The zero-order valence-corrected chi connectivity index (χ0v) is 12.5. The summed E-state index contributed by atoms with van der Waals surface area (Å²) in [6.45, 7) is 3.28. The third-order valence-corrected chi connectivity index (χ3v) is 2.93. The van der Waals surface area contributed by atoms with E-state index in [1.165, 1.54) is 0 Å². The number of hydrogen-bond acceptors (Lipinski definition) is 5. The zero-order valence-electron chi connectivity index (χ0n) is 12.5. The SMILES string of the molecule is C=CCc1c(C(=O)OC)c(C(F)F)nc(C(F)(F)F)c1C(=O)OC. The van der Waals surface area contributed by atoms with Gasteiger partial charge in [0.05, 0.1) is 25.3 Å². The summed E-state index contributed by atoms with van der Waals surface area (Å²) in [6, 6.07) is 0. The van der Waals surface area contributed by atoms with E-state index in [2.05, 4.69) is 21.0 Å². The highest BCUT2D eigenvalue weighted by molar-refractivity contribution is 5.99. The number of ether oxygens (including phenoxy) is 2. The van der Waals surface area contributed by atoms with Gasteiger partial charge < -0.3 is 9.47 Å². The van der Waals surface area contributed by atoms with Gasteiger partial charge in [0, 0.05) is 0 Å². The van der Waals surface area contributed by atoms with Crippen molar-refractivity contribution >= 4 is 11.9 Å². The number of allylic oxidation sites excluding steroid dienone is 1. The molecule has 0 aliphatic heterocycles. The third kappa shape index (κ3) is 3.69. The predicted octanol–water partition coefficient (Wildman–Crippen LogP) is 3.34. The van der Waals surface area contributed by atoms with Gasteiger partial charge in [0.2, 0.25) is 0 Å². The van der Waals surface area contributed by atoms with Gasteiger partial charge in [0.25, 0.3) is 6.43 Å². The summed E-state index contributed by atoms with van der Waals surface area (Å²) in [6.07, 6.45) is -8.17. The van der Waals surface area contributed by atoms with Gasteiger partial charge in [0.15, 0.2) is 5.69 Å². The van der Waals surface area contributed by atoms with E-state index >= 15 is 0 Å². The molecule has 1 heterocycles. The van der Waals surface area contributed by atoms with Crippen molar-refractivity contribution in [2.24, 2.45) is 0 Å². The van der Waals surface area contributed by atoms with Gasteiger partial charge in [-0.25, -0.2) is 23.4 Å². The van der Waals surface area contributed by atoms with Crippen molar-refractivity contribution in [2.45, 2.75) is 19.0 Å². The van der Waals surface area contributed by atoms with Gasteiger partial charge in [-0.2, -0.15) is 13.2 Å². The molecule has 1 aromatic rings. The van der Waals surface area contributed by atoms with Crippen molar-refractivity contribution < 1.29 is 41.0 Å². The lowest BCUT2D eigenvalue weighted by atomic mass is 9.95. The van der Waals surface area contributed by atoms with E-state index < -0.39 is 59.0 Å². The fourth-order valence-corrected chi connectivity index (χ4v) is 2.02. The first-order chi connectivity index (χ1) is 11.1. The maximum absolute atomic E-state index is 13.2. The van der Waals surface area contributed by atoms with E-state index in [0.29, 0.717) is 0 Å². The van der Waals surface area contributed by atoms with Crippen LogP contribution in [0.3, 0.4) is 0 Å². The van der Waals surface area contributed by atoms with E-state index in [0.717, 1.165) is 20.3 Å². The minimum atomic E-state index is -5.22. The van der Waals surface area contributed by atoms with Crippen molar-refractivity contribution in [3.63, 3.8) is 0 Å². The summed E-state index contributed by atoms with van der Waals surface area (Å²) in [4.78, 5) is 26.4. The normalized spacial score (nSPS) is 11.3. The van der Waals surface area contributed by atoms with Crippen molar-refractivity contribution in [2.75, 3.05) is 14.2 Å². The quantitative estimate of drug-likeness (QED) is 0.461. The second kappa shape index (κ2) is 7.37. The van der Waals surface area contributed by atoms with E-state index in [-0.39, 0.29) is 0 Å². The van der Waals surface area contributed by atoms with Gasteiger partial charge in [-0.15, -0.1) is 6.58 Å². The van der Waals surface area contributed by atoms with Crippen molar-refractivity contribution in [1.29, 1.82) is 0 Å². The number of nitrogens with zero attached hydrogens (tertiary/aromatic N) is 1. The van der Waals surface area contributed by atoms with Crippen LogP contribution in [-0.4, -0.2) is 31.1 Å². The Labute approximate surface area is 133 Å². The summed E-state index contributed by atoms with van der Waals surface area (Å²) in [5.41, 5.74) is -5.98. The van der Waals surface area contributed by atoms with E-state index in [1.54, 1.807) is 0 Å². The average molecular weight is 353 g/mol. The lowest BCUT2D eigenvalue weighted by molar-refractivity contribution is -0.142. The third-order valence-electron chi connectivity index (χ3n) is 2.93. The highest BCUT2D eigenvalue weighted by atomic mass is 19.4. The molecule has 10 heteroatoms. The monoisotopic (exact) mass is 353 g/mol. The van der Waals surface area contributed by atoms with E-state index in [1.807, 2.05) is 0 Å². The molecule has 0 aliphatic carbocycles. The average Bonchev–Trinajstić information content (AvgIpc) is 2.51. The number of aromatic nitrogens is 1. The van der Waals surface area contributed by atoms with Crippen molar-refractivity contribution in [3.05, 3.63) is 40.7 Å².